The Morgan fingerprint density at radius 1 is 1.11 bits per heavy atom. The standard InChI is InChI=1S/C22H19ClO4/c1-4-17(24)26-21-16-10-14(23)7-8-15(16)20(27-22(25)11(2)3)18-12-5-6-13(9-12)19(18)21/h4,7-8,10,12-13H,1-2,5-6,9H2,3H3. The second-order valence-corrected chi connectivity index (χ2v) is 7.61. The Bertz CT molecular complexity index is 1020. The van der Waals surface area contributed by atoms with Gasteiger partial charge in [0.25, 0.3) is 0 Å². The zero-order chi connectivity index (χ0) is 19.3. The van der Waals surface area contributed by atoms with Gasteiger partial charge in [-0.2, -0.15) is 0 Å². The van der Waals surface area contributed by atoms with Crippen molar-refractivity contribution in [2.24, 2.45) is 0 Å². The Balaban J connectivity index is 2.03. The highest BCUT2D eigenvalue weighted by molar-refractivity contribution is 6.31. The molecule has 2 aromatic carbocycles. The first-order valence-electron chi connectivity index (χ1n) is 8.91. The van der Waals surface area contributed by atoms with Crippen molar-refractivity contribution in [2.75, 3.05) is 0 Å². The van der Waals surface area contributed by atoms with Crippen LogP contribution in [-0.2, 0) is 9.59 Å². The average Bonchev–Trinajstić information content (AvgIpc) is 3.25. The number of hydrogen-bond donors (Lipinski definition) is 0. The first-order chi connectivity index (χ1) is 12.9. The molecular formula is C22H19ClO4. The summed E-state index contributed by atoms with van der Waals surface area (Å²) in [5, 5.41) is 1.87. The molecule has 0 saturated heterocycles. The number of fused-ring (bicyclic) bond motifs is 6. The van der Waals surface area contributed by atoms with Crippen LogP contribution in [0, 0.1) is 0 Å². The van der Waals surface area contributed by atoms with E-state index in [0.29, 0.717) is 38.8 Å². The lowest BCUT2D eigenvalue weighted by Crippen LogP contribution is -2.14. The van der Waals surface area contributed by atoms with E-state index in [0.717, 1.165) is 36.5 Å². The summed E-state index contributed by atoms with van der Waals surface area (Å²) >= 11 is 6.22. The Morgan fingerprint density at radius 3 is 2.33 bits per heavy atom. The molecule has 4 rings (SSSR count). The summed E-state index contributed by atoms with van der Waals surface area (Å²) in [7, 11) is 0. The van der Waals surface area contributed by atoms with Crippen molar-refractivity contribution < 1.29 is 19.1 Å². The molecule has 2 aliphatic carbocycles. The van der Waals surface area contributed by atoms with E-state index in [1.165, 1.54) is 0 Å². The van der Waals surface area contributed by atoms with Gasteiger partial charge in [-0.15, -0.1) is 0 Å². The van der Waals surface area contributed by atoms with Crippen LogP contribution in [0.25, 0.3) is 10.8 Å². The molecule has 0 radical (unpaired) electrons. The van der Waals surface area contributed by atoms with Gasteiger partial charge in [0.1, 0.15) is 11.5 Å². The van der Waals surface area contributed by atoms with Crippen molar-refractivity contribution in [3.8, 4) is 11.5 Å². The van der Waals surface area contributed by atoms with Crippen LogP contribution in [0.3, 0.4) is 0 Å². The van der Waals surface area contributed by atoms with Gasteiger partial charge in [0.15, 0.2) is 0 Å². The van der Waals surface area contributed by atoms with Gasteiger partial charge in [-0.05, 0) is 56.2 Å². The van der Waals surface area contributed by atoms with Crippen LogP contribution in [0.1, 0.15) is 49.1 Å². The molecule has 0 aromatic heterocycles. The highest BCUT2D eigenvalue weighted by Crippen LogP contribution is 2.61. The molecule has 0 aliphatic heterocycles. The summed E-state index contributed by atoms with van der Waals surface area (Å²) in [6.45, 7) is 8.79. The maximum absolute atomic E-state index is 12.3. The maximum Gasteiger partial charge on any atom is 0.338 e. The van der Waals surface area contributed by atoms with E-state index in [4.69, 9.17) is 21.1 Å². The summed E-state index contributed by atoms with van der Waals surface area (Å²) in [4.78, 5) is 24.3. The minimum atomic E-state index is -0.520. The average molecular weight is 383 g/mol. The van der Waals surface area contributed by atoms with E-state index in [9.17, 15) is 9.59 Å². The Morgan fingerprint density at radius 2 is 1.74 bits per heavy atom. The largest absolute Gasteiger partial charge is 0.422 e. The molecule has 27 heavy (non-hydrogen) atoms. The third kappa shape index (κ3) is 2.85. The highest BCUT2D eigenvalue weighted by Gasteiger charge is 2.43. The first kappa shape index (κ1) is 17.8. The fourth-order valence-corrected chi connectivity index (χ4v) is 4.47. The van der Waals surface area contributed by atoms with Crippen molar-refractivity contribution in [1.29, 1.82) is 0 Å². The molecule has 138 valence electrons. The monoisotopic (exact) mass is 382 g/mol. The number of benzene rings is 2. The number of rotatable bonds is 4. The molecule has 1 saturated carbocycles. The van der Waals surface area contributed by atoms with E-state index in [1.807, 2.05) is 0 Å². The molecule has 2 bridgehead atoms. The van der Waals surface area contributed by atoms with Crippen LogP contribution in [0.4, 0.5) is 0 Å². The summed E-state index contributed by atoms with van der Waals surface area (Å²) < 4.78 is 11.4. The number of carbonyl (C=O) groups excluding carboxylic acids is 2. The number of hydrogen-bond acceptors (Lipinski definition) is 4. The molecule has 4 nitrogen and oxygen atoms in total. The van der Waals surface area contributed by atoms with Gasteiger partial charge in [-0.3, -0.25) is 0 Å². The van der Waals surface area contributed by atoms with E-state index in [1.54, 1.807) is 25.1 Å². The van der Waals surface area contributed by atoms with Gasteiger partial charge in [0.2, 0.25) is 0 Å². The van der Waals surface area contributed by atoms with Crippen LogP contribution in [0.2, 0.25) is 5.02 Å². The molecule has 2 unspecified atom stereocenters. The molecule has 2 aliphatic rings. The summed E-state index contributed by atoms with van der Waals surface area (Å²) in [5.74, 6) is 0.632. The van der Waals surface area contributed by atoms with Gasteiger partial charge in [0, 0.05) is 38.6 Å². The van der Waals surface area contributed by atoms with Crippen molar-refractivity contribution in [1.82, 2.24) is 0 Å². The third-order valence-electron chi connectivity index (χ3n) is 5.41. The molecule has 5 heteroatoms. The Labute approximate surface area is 162 Å². The highest BCUT2D eigenvalue weighted by atomic mass is 35.5. The molecule has 2 aromatic rings. The summed E-state index contributed by atoms with van der Waals surface area (Å²) in [5.41, 5.74) is 2.26. The second-order valence-electron chi connectivity index (χ2n) is 7.18. The second kappa shape index (κ2) is 6.54. The molecule has 1 fully saturated rings. The molecule has 0 spiro atoms. The van der Waals surface area contributed by atoms with E-state index >= 15 is 0 Å². The first-order valence-corrected chi connectivity index (χ1v) is 9.29. The van der Waals surface area contributed by atoms with Crippen molar-refractivity contribution >= 4 is 34.3 Å². The van der Waals surface area contributed by atoms with Gasteiger partial charge in [0.05, 0.1) is 0 Å². The summed E-state index contributed by atoms with van der Waals surface area (Å²) in [6, 6.07) is 5.28. The number of ether oxygens (including phenoxy) is 2. The smallest absolute Gasteiger partial charge is 0.338 e. The predicted octanol–water partition coefficient (Wildman–Crippen LogP) is 5.43. The molecule has 0 heterocycles. The third-order valence-corrected chi connectivity index (χ3v) is 5.65. The van der Waals surface area contributed by atoms with E-state index in [-0.39, 0.29) is 5.92 Å². The van der Waals surface area contributed by atoms with Crippen LogP contribution >= 0.6 is 11.6 Å². The Hall–Kier alpha value is -2.59. The van der Waals surface area contributed by atoms with Crippen LogP contribution in [0.15, 0.2) is 43.0 Å². The van der Waals surface area contributed by atoms with Crippen molar-refractivity contribution in [3.63, 3.8) is 0 Å². The maximum atomic E-state index is 12.3. The lowest BCUT2D eigenvalue weighted by atomic mass is 9.87. The van der Waals surface area contributed by atoms with Gasteiger partial charge in [-0.1, -0.05) is 24.8 Å². The molecule has 0 N–H and O–H groups in total. The Kier molecular flexibility index (Phi) is 4.31. The minimum absolute atomic E-state index is 0.281. The number of halogens is 1. The van der Waals surface area contributed by atoms with Gasteiger partial charge < -0.3 is 9.47 Å². The minimum Gasteiger partial charge on any atom is -0.422 e. The lowest BCUT2D eigenvalue weighted by molar-refractivity contribution is -0.130. The lowest BCUT2D eigenvalue weighted by Gasteiger charge is -2.24. The summed E-state index contributed by atoms with van der Waals surface area (Å²) in [6.07, 6.45) is 4.17. The number of esters is 2. The van der Waals surface area contributed by atoms with E-state index < -0.39 is 11.9 Å². The quantitative estimate of drug-likeness (QED) is 0.402. The normalized spacial score (nSPS) is 19.6. The SMILES string of the molecule is C=CC(=O)Oc1c2c(c(OC(=O)C(=C)C)c3ccc(Cl)cc13)C1CCC2C1. The molecular weight excluding hydrogens is 364 g/mol. The van der Waals surface area contributed by atoms with Gasteiger partial charge >= 0.3 is 11.9 Å². The predicted molar refractivity (Wildman–Crippen MR) is 105 cm³/mol. The van der Waals surface area contributed by atoms with Crippen LogP contribution < -0.4 is 9.47 Å². The fraction of sp³-hybridized carbons (Fsp3) is 0.273. The van der Waals surface area contributed by atoms with Crippen LogP contribution in [-0.4, -0.2) is 11.9 Å². The number of carbonyl (C=O) groups is 2. The van der Waals surface area contributed by atoms with Gasteiger partial charge in [-0.25, -0.2) is 9.59 Å². The van der Waals surface area contributed by atoms with Crippen molar-refractivity contribution in [3.05, 3.63) is 59.2 Å². The zero-order valence-electron chi connectivity index (χ0n) is 15.0. The van der Waals surface area contributed by atoms with Crippen molar-refractivity contribution in [2.45, 2.75) is 38.0 Å². The van der Waals surface area contributed by atoms with E-state index in [2.05, 4.69) is 13.2 Å². The topological polar surface area (TPSA) is 52.6 Å². The fourth-order valence-electron chi connectivity index (χ4n) is 4.30. The molecule has 2 atom stereocenters. The zero-order valence-corrected chi connectivity index (χ0v) is 15.8. The molecule has 0 amide bonds. The van der Waals surface area contributed by atoms with Crippen LogP contribution in [0.5, 0.6) is 11.5 Å².